The summed E-state index contributed by atoms with van der Waals surface area (Å²) in [4.78, 5) is 26.6. The topological polar surface area (TPSA) is 90.6 Å². The van der Waals surface area contributed by atoms with Crippen LogP contribution in [0.5, 0.6) is 5.75 Å². The zero-order valence-electron chi connectivity index (χ0n) is 9.43. The monoisotopic (exact) mass is 238 g/mol. The molecule has 0 radical (unpaired) electrons. The van der Waals surface area contributed by atoms with Crippen molar-refractivity contribution in [1.82, 2.24) is 5.32 Å². The summed E-state index contributed by atoms with van der Waals surface area (Å²) in [6.07, 6.45) is 0. The predicted molar refractivity (Wildman–Crippen MR) is 60.2 cm³/mol. The summed E-state index contributed by atoms with van der Waals surface area (Å²) in [5, 5.41) is 2.66. The molecular weight excluding hydrogens is 224 g/mol. The molecule has 0 atom stereocenters. The lowest BCUT2D eigenvalue weighted by atomic mass is 10.2. The molecule has 0 aromatic heterocycles. The minimum absolute atomic E-state index is 0.171. The van der Waals surface area contributed by atoms with E-state index in [4.69, 9.17) is 10.6 Å². The van der Waals surface area contributed by atoms with E-state index < -0.39 is 5.97 Å². The first-order valence-electron chi connectivity index (χ1n) is 5.08. The highest BCUT2D eigenvalue weighted by Crippen LogP contribution is 2.12. The van der Waals surface area contributed by atoms with Gasteiger partial charge in [-0.15, -0.1) is 0 Å². The fourth-order valence-corrected chi connectivity index (χ4v) is 1.17. The summed E-state index contributed by atoms with van der Waals surface area (Å²) < 4.78 is 4.87. The van der Waals surface area contributed by atoms with Crippen LogP contribution >= 0.6 is 0 Å². The third-order valence-corrected chi connectivity index (χ3v) is 1.89. The molecule has 6 nitrogen and oxygen atoms in total. The van der Waals surface area contributed by atoms with E-state index in [0.29, 0.717) is 17.9 Å². The highest BCUT2D eigenvalue weighted by Gasteiger charge is 2.06. The number of ether oxygens (including phenoxy) is 1. The van der Waals surface area contributed by atoms with Gasteiger partial charge in [-0.25, -0.2) is 10.7 Å². The molecule has 0 saturated carbocycles. The number of carbonyl (C=O) groups excluding carboxylic acids is 2. The molecule has 3 N–H and O–H groups in total. The second kappa shape index (κ2) is 6.62. The summed E-state index contributed by atoms with van der Waals surface area (Å²) >= 11 is 0. The smallest absolute Gasteiger partial charge is 0.339 e. The molecule has 0 saturated heterocycles. The molecule has 0 aliphatic rings. The Balaban J connectivity index is 2.61. The number of rotatable bonds is 5. The van der Waals surface area contributed by atoms with Gasteiger partial charge in [0.05, 0.1) is 0 Å². The van der Waals surface area contributed by atoms with Gasteiger partial charge in [-0.05, 0) is 31.2 Å². The van der Waals surface area contributed by atoms with Gasteiger partial charge in [0.25, 0.3) is 5.91 Å². The van der Waals surface area contributed by atoms with Gasteiger partial charge in [-0.3, -0.25) is 9.63 Å². The second-order valence-corrected chi connectivity index (χ2v) is 3.17. The van der Waals surface area contributed by atoms with E-state index in [0.717, 1.165) is 0 Å². The van der Waals surface area contributed by atoms with Crippen molar-refractivity contribution in [3.63, 3.8) is 0 Å². The molecule has 0 bridgehead atoms. The lowest BCUT2D eigenvalue weighted by molar-refractivity contribution is -0.139. The van der Waals surface area contributed by atoms with Gasteiger partial charge in [-0.1, -0.05) is 0 Å². The van der Waals surface area contributed by atoms with Crippen LogP contribution in [-0.4, -0.2) is 25.0 Å². The molecule has 0 heterocycles. The van der Waals surface area contributed by atoms with E-state index in [1.54, 1.807) is 12.1 Å². The van der Waals surface area contributed by atoms with Gasteiger partial charge < -0.3 is 10.1 Å². The molecule has 17 heavy (non-hydrogen) atoms. The highest BCUT2D eigenvalue weighted by molar-refractivity contribution is 5.94. The molecule has 1 aromatic rings. The Morgan fingerprint density at radius 1 is 1.29 bits per heavy atom. The van der Waals surface area contributed by atoms with E-state index >= 15 is 0 Å². The van der Waals surface area contributed by atoms with E-state index in [2.05, 4.69) is 10.2 Å². The predicted octanol–water partition coefficient (Wildman–Crippen LogP) is 0.232. The van der Waals surface area contributed by atoms with Gasteiger partial charge in [0.1, 0.15) is 5.75 Å². The molecule has 6 heteroatoms. The van der Waals surface area contributed by atoms with Crippen LogP contribution in [0, 0.1) is 0 Å². The second-order valence-electron chi connectivity index (χ2n) is 3.17. The Bertz CT molecular complexity index is 389. The summed E-state index contributed by atoms with van der Waals surface area (Å²) in [5.74, 6) is 4.29. The average molecular weight is 238 g/mol. The molecule has 0 aliphatic heterocycles. The molecule has 0 fully saturated rings. The van der Waals surface area contributed by atoms with E-state index in [1.807, 2.05) is 6.92 Å². The molecule has 0 aliphatic carbocycles. The minimum Gasteiger partial charge on any atom is -0.425 e. The van der Waals surface area contributed by atoms with Crippen LogP contribution in [0.4, 0.5) is 0 Å². The minimum atomic E-state index is -0.599. The van der Waals surface area contributed by atoms with Crippen molar-refractivity contribution in [3.8, 4) is 5.75 Å². The Kier molecular flexibility index (Phi) is 5.12. The van der Waals surface area contributed by atoms with Gasteiger partial charge in [0, 0.05) is 12.1 Å². The van der Waals surface area contributed by atoms with Gasteiger partial charge in [0.2, 0.25) is 0 Å². The van der Waals surface area contributed by atoms with Crippen molar-refractivity contribution >= 4 is 11.9 Å². The first-order chi connectivity index (χ1) is 8.17. The fraction of sp³-hybridized carbons (Fsp3) is 0.273. The van der Waals surface area contributed by atoms with Gasteiger partial charge in [0.15, 0.2) is 6.61 Å². The van der Waals surface area contributed by atoms with Crippen LogP contribution in [0.15, 0.2) is 24.3 Å². The van der Waals surface area contributed by atoms with Crippen LogP contribution < -0.4 is 16.0 Å². The maximum atomic E-state index is 11.4. The first kappa shape index (κ1) is 13.1. The van der Waals surface area contributed by atoms with Crippen LogP contribution in [0.2, 0.25) is 0 Å². The number of nitrogens with one attached hydrogen (secondary N) is 1. The largest absolute Gasteiger partial charge is 0.425 e. The third kappa shape index (κ3) is 4.21. The first-order valence-corrected chi connectivity index (χ1v) is 5.08. The summed E-state index contributed by atoms with van der Waals surface area (Å²) in [5.41, 5.74) is 0.502. The van der Waals surface area contributed by atoms with Gasteiger partial charge >= 0.3 is 5.97 Å². The highest BCUT2D eigenvalue weighted by atomic mass is 16.6. The number of carbonyl (C=O) groups is 2. The van der Waals surface area contributed by atoms with Crippen molar-refractivity contribution in [2.45, 2.75) is 6.92 Å². The Labute approximate surface area is 98.7 Å². The SMILES string of the molecule is CCNC(=O)c1ccc(OC(=O)CON)cc1. The lowest BCUT2D eigenvalue weighted by Crippen LogP contribution is -2.22. The van der Waals surface area contributed by atoms with Crippen LogP contribution in [0.25, 0.3) is 0 Å². The fourth-order valence-electron chi connectivity index (χ4n) is 1.17. The Morgan fingerprint density at radius 3 is 2.47 bits per heavy atom. The summed E-state index contributed by atoms with van der Waals surface area (Å²) in [6.45, 7) is 2.07. The average Bonchev–Trinajstić information content (AvgIpc) is 2.30. The van der Waals surface area contributed by atoms with E-state index in [-0.39, 0.29) is 12.5 Å². The molecule has 1 aromatic carbocycles. The molecule has 1 rings (SSSR count). The van der Waals surface area contributed by atoms with E-state index in [1.165, 1.54) is 12.1 Å². The lowest BCUT2D eigenvalue weighted by Gasteiger charge is -2.05. The number of amides is 1. The Morgan fingerprint density at radius 2 is 1.94 bits per heavy atom. The molecule has 1 amide bonds. The van der Waals surface area contributed by atoms with Crippen LogP contribution in [-0.2, 0) is 9.63 Å². The zero-order valence-corrected chi connectivity index (χ0v) is 9.43. The molecule has 0 spiro atoms. The van der Waals surface area contributed by atoms with Crippen LogP contribution in [0.3, 0.4) is 0 Å². The van der Waals surface area contributed by atoms with Crippen LogP contribution in [0.1, 0.15) is 17.3 Å². The maximum absolute atomic E-state index is 11.4. The Hall–Kier alpha value is -1.92. The van der Waals surface area contributed by atoms with Crippen molar-refractivity contribution in [2.24, 2.45) is 5.90 Å². The molecular formula is C11H14N2O4. The molecule has 92 valence electrons. The van der Waals surface area contributed by atoms with E-state index in [9.17, 15) is 9.59 Å². The van der Waals surface area contributed by atoms with Crippen molar-refractivity contribution in [1.29, 1.82) is 0 Å². The number of benzene rings is 1. The quantitative estimate of drug-likeness (QED) is 0.435. The van der Waals surface area contributed by atoms with Crippen molar-refractivity contribution in [2.75, 3.05) is 13.2 Å². The standard InChI is InChI=1S/C11H14N2O4/c1-2-13-11(15)8-3-5-9(6-4-8)17-10(14)7-16-12/h3-6H,2,7,12H2,1H3,(H,13,15). The maximum Gasteiger partial charge on any atom is 0.339 e. The number of nitrogens with two attached hydrogens (primary N) is 1. The van der Waals surface area contributed by atoms with Crippen molar-refractivity contribution < 1.29 is 19.2 Å². The van der Waals surface area contributed by atoms with Crippen molar-refractivity contribution in [3.05, 3.63) is 29.8 Å². The number of hydrogen-bond donors (Lipinski definition) is 2. The third-order valence-electron chi connectivity index (χ3n) is 1.89. The molecule has 0 unspecified atom stereocenters. The number of hydrogen-bond acceptors (Lipinski definition) is 5. The summed E-state index contributed by atoms with van der Waals surface area (Å²) in [7, 11) is 0. The normalized spacial score (nSPS) is 9.76. The zero-order chi connectivity index (χ0) is 12.7. The van der Waals surface area contributed by atoms with Gasteiger partial charge in [-0.2, -0.15) is 0 Å². The summed E-state index contributed by atoms with van der Waals surface area (Å²) in [6, 6.07) is 6.19. The number of esters is 1.